The molecule has 0 aliphatic heterocycles. The third kappa shape index (κ3) is 6.03. The van der Waals surface area contributed by atoms with Gasteiger partial charge in [-0.25, -0.2) is 15.0 Å². The third-order valence-corrected chi connectivity index (χ3v) is 3.61. The molecule has 0 aromatic carbocycles. The minimum atomic E-state index is 0.440. The molecule has 8 heteroatoms. The van der Waals surface area contributed by atoms with Crippen LogP contribution in [0.25, 0.3) is 0 Å². The lowest BCUT2D eigenvalue weighted by atomic mass is 10.3. The first-order valence-corrected chi connectivity index (χ1v) is 8.64. The van der Waals surface area contributed by atoms with Gasteiger partial charge in [-0.15, -0.1) is 0 Å². The van der Waals surface area contributed by atoms with Crippen LogP contribution in [0.2, 0.25) is 0 Å². The van der Waals surface area contributed by atoms with Crippen molar-refractivity contribution < 1.29 is 13.9 Å². The zero-order valence-electron chi connectivity index (χ0n) is 15.8. The number of nitrogens with zero attached hydrogens (tertiary/aromatic N) is 3. The molecule has 0 aliphatic carbocycles. The summed E-state index contributed by atoms with van der Waals surface area (Å²) in [6, 6.07) is 3.82. The Balaban J connectivity index is 1.99. The number of hydrogen-bond donors (Lipinski definition) is 2. The largest absolute Gasteiger partial charge is 0.475 e. The normalized spacial score (nSPS) is 11.5. The highest BCUT2D eigenvalue weighted by Crippen LogP contribution is 2.15. The second kappa shape index (κ2) is 10.4. The number of oxazole rings is 1. The summed E-state index contributed by atoms with van der Waals surface area (Å²) in [6.45, 7) is 8.46. The number of rotatable bonds is 9. The maximum Gasteiger partial charge on any atom is 0.218 e. The van der Waals surface area contributed by atoms with E-state index in [0.29, 0.717) is 44.0 Å². The second-order valence-corrected chi connectivity index (χ2v) is 5.61. The standard InChI is InChI=1S/C18H27N5O3/c1-5-19-18(22-12-16-23-13(2)14(3)26-16)21-11-15-7-6-8-20-17(15)25-10-9-24-4/h6-8H,5,9-12H2,1-4H3,(H2,19,21,22). The molecule has 0 amide bonds. The van der Waals surface area contributed by atoms with Crippen molar-refractivity contribution in [1.82, 2.24) is 20.6 Å². The Morgan fingerprint density at radius 3 is 2.81 bits per heavy atom. The van der Waals surface area contributed by atoms with Crippen LogP contribution in [0.1, 0.15) is 29.8 Å². The highest BCUT2D eigenvalue weighted by Gasteiger charge is 2.08. The fourth-order valence-electron chi connectivity index (χ4n) is 2.18. The minimum Gasteiger partial charge on any atom is -0.475 e. The van der Waals surface area contributed by atoms with Gasteiger partial charge in [-0.05, 0) is 26.8 Å². The van der Waals surface area contributed by atoms with Crippen LogP contribution in [0.3, 0.4) is 0 Å². The van der Waals surface area contributed by atoms with Crippen molar-refractivity contribution in [1.29, 1.82) is 0 Å². The maximum atomic E-state index is 5.64. The summed E-state index contributed by atoms with van der Waals surface area (Å²) in [4.78, 5) is 13.2. The lowest BCUT2D eigenvalue weighted by molar-refractivity contribution is 0.143. The average molecular weight is 361 g/mol. The van der Waals surface area contributed by atoms with Crippen LogP contribution in [0.15, 0.2) is 27.7 Å². The molecule has 26 heavy (non-hydrogen) atoms. The van der Waals surface area contributed by atoms with E-state index in [9.17, 15) is 0 Å². The van der Waals surface area contributed by atoms with E-state index in [4.69, 9.17) is 13.9 Å². The number of pyridine rings is 1. The molecule has 0 aliphatic rings. The lowest BCUT2D eigenvalue weighted by Gasteiger charge is -2.11. The smallest absolute Gasteiger partial charge is 0.218 e. The highest BCUT2D eigenvalue weighted by molar-refractivity contribution is 5.79. The predicted octanol–water partition coefficient (Wildman–Crippen LogP) is 1.97. The van der Waals surface area contributed by atoms with Crippen molar-refractivity contribution in [3.8, 4) is 5.88 Å². The highest BCUT2D eigenvalue weighted by atomic mass is 16.5. The fraction of sp³-hybridized carbons (Fsp3) is 0.500. The van der Waals surface area contributed by atoms with E-state index in [1.54, 1.807) is 13.3 Å². The molecule has 0 unspecified atom stereocenters. The Labute approximate surface area is 154 Å². The van der Waals surface area contributed by atoms with Crippen molar-refractivity contribution in [3.05, 3.63) is 41.2 Å². The van der Waals surface area contributed by atoms with E-state index in [0.717, 1.165) is 23.6 Å². The van der Waals surface area contributed by atoms with E-state index < -0.39 is 0 Å². The summed E-state index contributed by atoms with van der Waals surface area (Å²) in [5, 5.41) is 6.43. The first kappa shape index (κ1) is 19.7. The predicted molar refractivity (Wildman–Crippen MR) is 99.2 cm³/mol. The molecule has 0 spiro atoms. The zero-order valence-corrected chi connectivity index (χ0v) is 15.8. The molecule has 2 aromatic heterocycles. The molecule has 0 saturated carbocycles. The van der Waals surface area contributed by atoms with Crippen LogP contribution >= 0.6 is 0 Å². The van der Waals surface area contributed by atoms with E-state index in [-0.39, 0.29) is 0 Å². The van der Waals surface area contributed by atoms with E-state index in [1.165, 1.54) is 0 Å². The molecule has 0 radical (unpaired) electrons. The molecule has 0 atom stereocenters. The fourth-order valence-corrected chi connectivity index (χ4v) is 2.18. The van der Waals surface area contributed by atoms with Gasteiger partial charge in [0.25, 0.3) is 0 Å². The van der Waals surface area contributed by atoms with Crippen LogP contribution in [0.4, 0.5) is 0 Å². The molecule has 142 valence electrons. The van der Waals surface area contributed by atoms with Gasteiger partial charge in [0.1, 0.15) is 12.4 Å². The van der Waals surface area contributed by atoms with Crippen LogP contribution in [-0.4, -0.2) is 42.8 Å². The molecule has 2 aromatic rings. The van der Waals surface area contributed by atoms with Crippen LogP contribution in [-0.2, 0) is 17.8 Å². The van der Waals surface area contributed by atoms with Crippen LogP contribution < -0.4 is 15.4 Å². The minimum absolute atomic E-state index is 0.440. The Bertz CT molecular complexity index is 695. The Kier molecular flexibility index (Phi) is 7.88. The molecule has 0 fully saturated rings. The van der Waals surface area contributed by atoms with Crippen molar-refractivity contribution in [2.75, 3.05) is 26.9 Å². The first-order chi connectivity index (χ1) is 12.6. The van der Waals surface area contributed by atoms with E-state index in [2.05, 4.69) is 25.6 Å². The molecular weight excluding hydrogens is 334 g/mol. The number of methoxy groups -OCH3 is 1. The van der Waals surface area contributed by atoms with Crippen molar-refractivity contribution in [3.63, 3.8) is 0 Å². The number of nitrogens with one attached hydrogen (secondary N) is 2. The Hall–Kier alpha value is -2.61. The molecule has 8 nitrogen and oxygen atoms in total. The van der Waals surface area contributed by atoms with Gasteiger partial charge < -0.3 is 24.5 Å². The number of ether oxygens (including phenoxy) is 2. The quantitative estimate of drug-likeness (QED) is 0.401. The number of aromatic nitrogens is 2. The summed E-state index contributed by atoms with van der Waals surface area (Å²) in [5.41, 5.74) is 1.81. The Morgan fingerprint density at radius 2 is 2.12 bits per heavy atom. The summed E-state index contributed by atoms with van der Waals surface area (Å²) in [6.07, 6.45) is 1.70. The van der Waals surface area contributed by atoms with Gasteiger partial charge in [0, 0.05) is 25.4 Å². The molecule has 2 heterocycles. The lowest BCUT2D eigenvalue weighted by Crippen LogP contribution is -2.36. The molecule has 0 saturated heterocycles. The SMILES string of the molecule is CCNC(=NCc1cccnc1OCCOC)NCc1nc(C)c(C)o1. The van der Waals surface area contributed by atoms with Crippen LogP contribution in [0, 0.1) is 13.8 Å². The summed E-state index contributed by atoms with van der Waals surface area (Å²) >= 11 is 0. The molecule has 2 rings (SSSR count). The van der Waals surface area contributed by atoms with Gasteiger partial charge in [-0.1, -0.05) is 6.07 Å². The van der Waals surface area contributed by atoms with E-state index in [1.807, 2.05) is 32.9 Å². The monoisotopic (exact) mass is 361 g/mol. The third-order valence-electron chi connectivity index (χ3n) is 3.61. The summed E-state index contributed by atoms with van der Waals surface area (Å²) in [5.74, 6) is 2.71. The van der Waals surface area contributed by atoms with Crippen molar-refractivity contribution >= 4 is 5.96 Å². The summed E-state index contributed by atoms with van der Waals surface area (Å²) in [7, 11) is 1.64. The average Bonchev–Trinajstić information content (AvgIpc) is 2.96. The van der Waals surface area contributed by atoms with Gasteiger partial charge in [0.15, 0.2) is 5.96 Å². The summed E-state index contributed by atoms with van der Waals surface area (Å²) < 4.78 is 16.2. The number of aliphatic imine (C=N–C) groups is 1. The number of guanidine groups is 1. The van der Waals surface area contributed by atoms with Crippen molar-refractivity contribution in [2.45, 2.75) is 33.9 Å². The topological polar surface area (TPSA) is 93.8 Å². The van der Waals surface area contributed by atoms with Gasteiger partial charge in [-0.3, -0.25) is 0 Å². The van der Waals surface area contributed by atoms with Crippen LogP contribution in [0.5, 0.6) is 5.88 Å². The van der Waals surface area contributed by atoms with Gasteiger partial charge in [-0.2, -0.15) is 0 Å². The van der Waals surface area contributed by atoms with Gasteiger partial charge in [0.2, 0.25) is 11.8 Å². The number of aryl methyl sites for hydroxylation is 2. The zero-order chi connectivity index (χ0) is 18.8. The molecule has 0 bridgehead atoms. The van der Waals surface area contributed by atoms with Crippen molar-refractivity contribution in [2.24, 2.45) is 4.99 Å². The first-order valence-electron chi connectivity index (χ1n) is 8.64. The Morgan fingerprint density at radius 1 is 1.27 bits per heavy atom. The molecular formula is C18H27N5O3. The molecule has 2 N–H and O–H groups in total. The number of hydrogen-bond acceptors (Lipinski definition) is 6. The van der Waals surface area contributed by atoms with E-state index >= 15 is 0 Å². The van der Waals surface area contributed by atoms with Gasteiger partial charge in [0.05, 0.1) is 25.4 Å². The second-order valence-electron chi connectivity index (χ2n) is 5.61. The maximum absolute atomic E-state index is 5.64. The van der Waals surface area contributed by atoms with Gasteiger partial charge >= 0.3 is 0 Å².